The Balaban J connectivity index is 1.29. The fourth-order valence-electron chi connectivity index (χ4n) is 6.03. The molecule has 2 atom stereocenters. The van der Waals surface area contributed by atoms with Gasteiger partial charge in [-0.2, -0.15) is 0 Å². The van der Waals surface area contributed by atoms with Gasteiger partial charge in [0.15, 0.2) is 0 Å². The summed E-state index contributed by atoms with van der Waals surface area (Å²) in [7, 11) is 0. The number of primary amides is 1. The monoisotopic (exact) mass is 413 g/mol. The molecule has 7 rings (SSSR count). The minimum Gasteiger partial charge on any atom is -0.358 e. The summed E-state index contributed by atoms with van der Waals surface area (Å²) < 4.78 is 0. The van der Waals surface area contributed by atoms with Crippen LogP contribution in [0.2, 0.25) is 0 Å². The number of allylic oxidation sites excluding steroid dienone is 2. The summed E-state index contributed by atoms with van der Waals surface area (Å²) in [5.41, 5.74) is 11.0. The van der Waals surface area contributed by atoms with E-state index in [2.05, 4.69) is 9.97 Å². The molecule has 1 saturated carbocycles. The number of carbonyl (C=O) groups excluding carboxylic acids is 3. The van der Waals surface area contributed by atoms with Gasteiger partial charge in [0.25, 0.3) is 5.91 Å². The normalized spacial score (nSPS) is 25.2. The number of nitrogens with two attached hydrogens (primary N) is 1. The molecular formula is C23H19N5O3. The van der Waals surface area contributed by atoms with E-state index in [9.17, 15) is 14.4 Å². The van der Waals surface area contributed by atoms with Crippen molar-refractivity contribution >= 4 is 34.3 Å². The minimum atomic E-state index is -0.468. The number of ketones is 1. The predicted molar refractivity (Wildman–Crippen MR) is 113 cm³/mol. The number of urea groups is 1. The number of likely N-dealkylation sites (tertiary alicyclic amines) is 1. The Morgan fingerprint density at radius 3 is 2.90 bits per heavy atom. The van der Waals surface area contributed by atoms with E-state index in [4.69, 9.17) is 5.73 Å². The molecule has 31 heavy (non-hydrogen) atoms. The van der Waals surface area contributed by atoms with Crippen molar-refractivity contribution in [3.05, 3.63) is 64.8 Å². The third-order valence-electron chi connectivity index (χ3n) is 7.51. The molecule has 1 spiro atoms. The summed E-state index contributed by atoms with van der Waals surface area (Å²) in [5, 5.41) is 0.935. The Labute approximate surface area is 176 Å². The van der Waals surface area contributed by atoms with Gasteiger partial charge in [-0.1, -0.05) is 0 Å². The number of nitrogens with one attached hydrogen (secondary N) is 2. The van der Waals surface area contributed by atoms with Crippen molar-refractivity contribution in [1.82, 2.24) is 14.9 Å². The quantitative estimate of drug-likeness (QED) is 0.569. The number of nitrogens with zero attached hydrogens (tertiary/aromatic N) is 2. The van der Waals surface area contributed by atoms with Crippen LogP contribution in [0.4, 0.5) is 10.5 Å². The molecule has 1 saturated heterocycles. The maximum Gasteiger partial charge on any atom is 0.319 e. The molecule has 4 heterocycles. The molecule has 2 aromatic heterocycles. The van der Waals surface area contributed by atoms with E-state index in [0.717, 1.165) is 39.8 Å². The zero-order valence-corrected chi connectivity index (χ0v) is 16.6. The van der Waals surface area contributed by atoms with Crippen LogP contribution in [-0.2, 0) is 11.8 Å². The molecule has 0 radical (unpaired) electrons. The van der Waals surface area contributed by atoms with Crippen molar-refractivity contribution in [3.63, 3.8) is 0 Å². The maximum atomic E-state index is 13.5. The summed E-state index contributed by atoms with van der Waals surface area (Å²) in [5.74, 6) is 0.148. The van der Waals surface area contributed by atoms with Crippen LogP contribution in [0.5, 0.6) is 0 Å². The summed E-state index contributed by atoms with van der Waals surface area (Å²) in [4.78, 5) is 47.5. The lowest BCUT2D eigenvalue weighted by atomic mass is 9.85. The van der Waals surface area contributed by atoms with Gasteiger partial charge >= 0.3 is 6.03 Å². The smallest absolute Gasteiger partial charge is 0.319 e. The first-order chi connectivity index (χ1) is 15.0. The van der Waals surface area contributed by atoms with Crippen LogP contribution in [-0.4, -0.2) is 45.7 Å². The summed E-state index contributed by atoms with van der Waals surface area (Å²) in [6.07, 6.45) is 5.12. The number of hydrogen-bond acceptors (Lipinski definition) is 3. The van der Waals surface area contributed by atoms with Crippen molar-refractivity contribution in [2.75, 3.05) is 18.0 Å². The summed E-state index contributed by atoms with van der Waals surface area (Å²) in [6, 6.07) is 7.13. The Morgan fingerprint density at radius 2 is 2.06 bits per heavy atom. The van der Waals surface area contributed by atoms with E-state index < -0.39 is 6.03 Å². The number of carbonyl (C=O) groups is 3. The van der Waals surface area contributed by atoms with Gasteiger partial charge in [-0.15, -0.1) is 0 Å². The van der Waals surface area contributed by atoms with E-state index in [0.29, 0.717) is 36.8 Å². The molecule has 0 unspecified atom stereocenters. The zero-order chi connectivity index (χ0) is 21.1. The highest BCUT2D eigenvalue weighted by Crippen LogP contribution is 2.66. The second-order valence-corrected chi connectivity index (χ2v) is 8.90. The first-order valence-electron chi connectivity index (χ1n) is 10.5. The van der Waals surface area contributed by atoms with Crippen molar-refractivity contribution in [2.24, 2.45) is 11.7 Å². The van der Waals surface area contributed by atoms with Gasteiger partial charge in [0.2, 0.25) is 5.78 Å². The Morgan fingerprint density at radius 1 is 1.19 bits per heavy atom. The van der Waals surface area contributed by atoms with Gasteiger partial charge in [0, 0.05) is 53.1 Å². The summed E-state index contributed by atoms with van der Waals surface area (Å²) >= 11 is 0. The molecule has 4 N–H and O–H groups in total. The van der Waals surface area contributed by atoms with Crippen molar-refractivity contribution < 1.29 is 14.4 Å². The van der Waals surface area contributed by atoms with Crippen molar-refractivity contribution in [3.8, 4) is 0 Å². The lowest BCUT2D eigenvalue weighted by Gasteiger charge is -2.27. The lowest BCUT2D eigenvalue weighted by Crippen LogP contribution is -2.33. The zero-order valence-electron chi connectivity index (χ0n) is 16.6. The van der Waals surface area contributed by atoms with E-state index in [1.807, 2.05) is 30.5 Å². The molecular weight excluding hydrogens is 394 g/mol. The highest BCUT2D eigenvalue weighted by Gasteiger charge is 2.67. The number of hydrogen-bond donors (Lipinski definition) is 3. The molecule has 154 valence electrons. The third kappa shape index (κ3) is 1.93. The largest absolute Gasteiger partial charge is 0.358 e. The topological polar surface area (TPSA) is 115 Å². The van der Waals surface area contributed by atoms with Crippen LogP contribution >= 0.6 is 0 Å². The standard InChI is InChI=1S/C23H19N5O3/c24-22(31)27-6-4-12-13-7-16(26-15(13)1-2-17(12)27)21(30)28-10-11-9-23(11)14-3-5-25-20(14)18(29)8-19(23)28/h1-3,5,7-8,11,25-26H,4,6,9-10H2,(H2,24,31)/t11-,23-/m1/s1. The highest BCUT2D eigenvalue weighted by molar-refractivity contribution is 6.09. The average Bonchev–Trinajstić information content (AvgIpc) is 3.27. The molecule has 1 aromatic carbocycles. The van der Waals surface area contributed by atoms with Crippen LogP contribution in [0.1, 0.15) is 38.5 Å². The number of fused-ring (bicyclic) bond motifs is 4. The number of aromatic amines is 2. The molecule has 8 nitrogen and oxygen atoms in total. The lowest BCUT2D eigenvalue weighted by molar-refractivity contribution is 0.0806. The van der Waals surface area contributed by atoms with E-state index in [-0.39, 0.29) is 17.1 Å². The molecule has 2 fully saturated rings. The van der Waals surface area contributed by atoms with Crippen LogP contribution < -0.4 is 10.6 Å². The number of benzene rings is 1. The van der Waals surface area contributed by atoms with Crippen LogP contribution in [0.25, 0.3) is 10.9 Å². The number of aromatic nitrogens is 2. The first-order valence-corrected chi connectivity index (χ1v) is 10.5. The molecule has 3 aromatic rings. The van der Waals surface area contributed by atoms with Crippen molar-refractivity contribution in [1.29, 1.82) is 0 Å². The van der Waals surface area contributed by atoms with E-state index >= 15 is 0 Å². The van der Waals surface area contributed by atoms with Gasteiger partial charge in [0.05, 0.1) is 5.69 Å². The Bertz CT molecular complexity index is 1400. The number of amides is 3. The average molecular weight is 413 g/mol. The van der Waals surface area contributed by atoms with Crippen LogP contribution in [0.3, 0.4) is 0 Å². The minimum absolute atomic E-state index is 0.0769. The van der Waals surface area contributed by atoms with Crippen molar-refractivity contribution in [2.45, 2.75) is 18.3 Å². The van der Waals surface area contributed by atoms with Gasteiger partial charge in [-0.3, -0.25) is 14.5 Å². The second kappa shape index (κ2) is 5.26. The molecule has 0 bridgehead atoms. The number of piperidine rings is 1. The first kappa shape index (κ1) is 16.9. The van der Waals surface area contributed by atoms with Gasteiger partial charge in [0.1, 0.15) is 5.69 Å². The van der Waals surface area contributed by atoms with Crippen LogP contribution in [0.15, 0.2) is 42.2 Å². The molecule has 4 aliphatic rings. The number of rotatable bonds is 1. The van der Waals surface area contributed by atoms with Gasteiger partial charge in [-0.25, -0.2) is 4.79 Å². The Hall–Kier alpha value is -3.81. The maximum absolute atomic E-state index is 13.5. The highest BCUT2D eigenvalue weighted by atomic mass is 16.2. The molecule has 3 amide bonds. The SMILES string of the molecule is NC(=O)N1CCc2c1ccc1[nH]c(C(=O)N3C[C@H]4C[C@@]45C3=CC(=O)c3[nH]ccc35)cc21. The second-order valence-electron chi connectivity index (χ2n) is 8.90. The van der Waals surface area contributed by atoms with Gasteiger partial charge < -0.3 is 20.6 Å². The third-order valence-corrected chi connectivity index (χ3v) is 7.51. The predicted octanol–water partition coefficient (Wildman–Crippen LogP) is 2.43. The van der Waals surface area contributed by atoms with Gasteiger partial charge in [-0.05, 0) is 54.2 Å². The Kier molecular flexibility index (Phi) is 2.87. The number of H-pyrrole nitrogens is 2. The molecule has 8 heteroatoms. The molecule has 2 aliphatic heterocycles. The van der Waals surface area contributed by atoms with Crippen LogP contribution in [0, 0.1) is 5.92 Å². The molecule has 2 aliphatic carbocycles. The summed E-state index contributed by atoms with van der Waals surface area (Å²) in [6.45, 7) is 1.16. The van der Waals surface area contributed by atoms with E-state index in [1.54, 1.807) is 15.9 Å². The van der Waals surface area contributed by atoms with E-state index in [1.165, 1.54) is 0 Å². The number of anilines is 1. The fourth-order valence-corrected chi connectivity index (χ4v) is 6.03. The fraction of sp³-hybridized carbons (Fsp3) is 0.261.